The number of hydrogen-bond acceptors (Lipinski definition) is 7. The minimum absolute atomic E-state index is 0.0977. The molecule has 0 radical (unpaired) electrons. The molecule has 200 valence electrons. The number of hydrogen-bond donors (Lipinski definition) is 5. The fourth-order valence-electron chi connectivity index (χ4n) is 5.13. The Morgan fingerprint density at radius 1 is 1.00 bits per heavy atom. The highest BCUT2D eigenvalue weighted by Gasteiger charge is 2.24. The number of thiazole rings is 1. The molecule has 2 aromatic carbocycles. The van der Waals surface area contributed by atoms with Crippen LogP contribution in [-0.4, -0.2) is 64.8 Å². The summed E-state index contributed by atoms with van der Waals surface area (Å²) >= 11 is 1.13. The maximum Gasteiger partial charge on any atom is 0.305 e. The largest absolute Gasteiger partial charge is 0.508 e. The first-order valence-electron chi connectivity index (χ1n) is 13.3. The molecule has 1 aliphatic rings. The van der Waals surface area contributed by atoms with Crippen LogP contribution in [0.15, 0.2) is 41.2 Å². The van der Waals surface area contributed by atoms with Gasteiger partial charge in [0, 0.05) is 32.1 Å². The van der Waals surface area contributed by atoms with Crippen LogP contribution >= 0.6 is 11.3 Å². The molecule has 0 saturated heterocycles. The molecule has 0 atom stereocenters. The lowest BCUT2D eigenvalue weighted by Gasteiger charge is -2.34. The lowest BCUT2D eigenvalue weighted by molar-refractivity contribution is -0.134. The molecule has 0 aliphatic heterocycles. The van der Waals surface area contributed by atoms with Crippen molar-refractivity contribution in [2.45, 2.75) is 57.4 Å². The van der Waals surface area contributed by atoms with Gasteiger partial charge in [0.2, 0.25) is 5.91 Å². The van der Waals surface area contributed by atoms with Gasteiger partial charge in [0.05, 0.1) is 4.70 Å². The van der Waals surface area contributed by atoms with Gasteiger partial charge in [-0.3, -0.25) is 9.59 Å². The van der Waals surface area contributed by atoms with Crippen molar-refractivity contribution in [3.05, 3.63) is 57.2 Å². The van der Waals surface area contributed by atoms with Gasteiger partial charge in [-0.15, -0.1) is 0 Å². The van der Waals surface area contributed by atoms with Crippen molar-refractivity contribution in [2.24, 2.45) is 0 Å². The van der Waals surface area contributed by atoms with E-state index in [1.165, 1.54) is 19.3 Å². The smallest absolute Gasteiger partial charge is 0.305 e. The number of benzene rings is 2. The van der Waals surface area contributed by atoms with E-state index in [0.29, 0.717) is 31.1 Å². The summed E-state index contributed by atoms with van der Waals surface area (Å²) in [5.41, 5.74) is 2.62. The molecule has 9 heteroatoms. The van der Waals surface area contributed by atoms with Crippen LogP contribution in [-0.2, 0) is 17.6 Å². The van der Waals surface area contributed by atoms with Crippen molar-refractivity contribution >= 4 is 27.5 Å². The third-order valence-corrected chi connectivity index (χ3v) is 8.05. The maximum absolute atomic E-state index is 13.2. The standard InChI is InChI=1S/C28H38N4O4S/c33-23-8-4-5-20(19-23)11-14-29-16-13-25(35)32(22-6-2-1-3-7-22)18-17-30-15-12-21-9-10-24(34)26-27(21)37-28(36)31-26/h4-5,8-10,19,22,29-30,33-34H,1-3,6-7,11-18H2,(H,31,36). The molecule has 37 heavy (non-hydrogen) atoms. The number of nitrogens with zero attached hydrogens (tertiary/aromatic N) is 1. The van der Waals surface area contributed by atoms with Crippen molar-refractivity contribution in [3.63, 3.8) is 0 Å². The highest BCUT2D eigenvalue weighted by molar-refractivity contribution is 7.16. The van der Waals surface area contributed by atoms with Gasteiger partial charge in [0.25, 0.3) is 0 Å². The van der Waals surface area contributed by atoms with Crippen LogP contribution in [0.4, 0.5) is 0 Å². The molecular weight excluding hydrogens is 488 g/mol. The second-order valence-corrected chi connectivity index (χ2v) is 10.7. The monoisotopic (exact) mass is 526 g/mol. The third-order valence-electron chi connectivity index (χ3n) is 7.09. The van der Waals surface area contributed by atoms with Crippen LogP contribution in [0.25, 0.3) is 10.2 Å². The molecule has 0 spiro atoms. The molecule has 1 aromatic heterocycles. The van der Waals surface area contributed by atoms with E-state index in [4.69, 9.17) is 0 Å². The van der Waals surface area contributed by atoms with Gasteiger partial charge in [0.1, 0.15) is 17.0 Å². The van der Waals surface area contributed by atoms with Crippen molar-refractivity contribution in [2.75, 3.05) is 32.7 Å². The Kier molecular flexibility index (Phi) is 9.99. The van der Waals surface area contributed by atoms with E-state index in [-0.39, 0.29) is 22.3 Å². The Morgan fingerprint density at radius 3 is 2.59 bits per heavy atom. The zero-order chi connectivity index (χ0) is 26.0. The fourth-order valence-corrected chi connectivity index (χ4v) is 6.03. The van der Waals surface area contributed by atoms with Crippen LogP contribution in [0.5, 0.6) is 11.5 Å². The molecule has 3 aromatic rings. The SMILES string of the molecule is O=C(CCNCCc1cccc(O)c1)N(CCNCCc1ccc(O)c2[nH]c(=O)sc12)C1CCCCC1. The van der Waals surface area contributed by atoms with Crippen LogP contribution in [0.1, 0.15) is 49.7 Å². The first-order valence-corrected chi connectivity index (χ1v) is 14.2. The van der Waals surface area contributed by atoms with Gasteiger partial charge < -0.3 is 30.7 Å². The molecule has 1 saturated carbocycles. The number of aromatic amines is 1. The second-order valence-electron chi connectivity index (χ2n) is 9.76. The van der Waals surface area contributed by atoms with E-state index >= 15 is 0 Å². The zero-order valence-electron chi connectivity index (χ0n) is 21.3. The van der Waals surface area contributed by atoms with Gasteiger partial charge in [-0.1, -0.05) is 48.8 Å². The van der Waals surface area contributed by atoms with Crippen molar-refractivity contribution in [1.29, 1.82) is 0 Å². The van der Waals surface area contributed by atoms with Crippen LogP contribution in [0.2, 0.25) is 0 Å². The number of aromatic hydroxyl groups is 2. The molecule has 8 nitrogen and oxygen atoms in total. The highest BCUT2D eigenvalue weighted by Crippen LogP contribution is 2.28. The number of aromatic nitrogens is 1. The zero-order valence-corrected chi connectivity index (χ0v) is 22.1. The topological polar surface area (TPSA) is 118 Å². The number of amides is 1. The summed E-state index contributed by atoms with van der Waals surface area (Å²) in [6.07, 6.45) is 7.80. The summed E-state index contributed by atoms with van der Waals surface area (Å²) in [7, 11) is 0. The average Bonchev–Trinajstić information content (AvgIpc) is 3.30. The van der Waals surface area contributed by atoms with Gasteiger partial charge in [-0.2, -0.15) is 0 Å². The predicted molar refractivity (Wildman–Crippen MR) is 149 cm³/mol. The van der Waals surface area contributed by atoms with E-state index in [2.05, 4.69) is 20.5 Å². The van der Waals surface area contributed by atoms with E-state index in [9.17, 15) is 19.8 Å². The van der Waals surface area contributed by atoms with Gasteiger partial charge >= 0.3 is 4.87 Å². The van der Waals surface area contributed by atoms with E-state index < -0.39 is 0 Å². The summed E-state index contributed by atoms with van der Waals surface area (Å²) < 4.78 is 0.808. The van der Waals surface area contributed by atoms with Crippen LogP contribution in [0.3, 0.4) is 0 Å². The Balaban J connectivity index is 1.22. The Bertz CT molecular complexity index is 1220. The number of nitrogens with one attached hydrogen (secondary N) is 3. The lowest BCUT2D eigenvalue weighted by Crippen LogP contribution is -2.45. The number of phenolic OH excluding ortho intramolecular Hbond substituents is 2. The maximum atomic E-state index is 13.2. The summed E-state index contributed by atoms with van der Waals surface area (Å²) in [5.74, 6) is 0.582. The molecule has 0 unspecified atom stereocenters. The van der Waals surface area contributed by atoms with E-state index in [1.54, 1.807) is 18.2 Å². The summed E-state index contributed by atoms with van der Waals surface area (Å²) in [4.78, 5) is 29.5. The van der Waals surface area contributed by atoms with E-state index in [0.717, 1.165) is 72.5 Å². The van der Waals surface area contributed by atoms with Gasteiger partial charge in [-0.25, -0.2) is 0 Å². The van der Waals surface area contributed by atoms with E-state index in [1.807, 2.05) is 18.2 Å². The minimum Gasteiger partial charge on any atom is -0.508 e. The van der Waals surface area contributed by atoms with Gasteiger partial charge in [0.15, 0.2) is 0 Å². The van der Waals surface area contributed by atoms with Crippen molar-refractivity contribution in [3.8, 4) is 11.5 Å². The Morgan fingerprint density at radius 2 is 1.78 bits per heavy atom. The number of carbonyl (C=O) groups is 1. The first-order chi connectivity index (χ1) is 18.0. The molecule has 5 N–H and O–H groups in total. The molecule has 1 heterocycles. The Labute approximate surface area is 221 Å². The first kappa shape index (κ1) is 27.2. The fraction of sp³-hybridized carbons (Fsp3) is 0.500. The molecule has 1 fully saturated rings. The molecular formula is C28H38N4O4S. The molecule has 0 bridgehead atoms. The summed E-state index contributed by atoms with van der Waals surface area (Å²) in [6.45, 7) is 3.55. The average molecular weight is 527 g/mol. The quantitative estimate of drug-likeness (QED) is 0.218. The van der Waals surface area contributed by atoms with Gasteiger partial charge in [-0.05, 0) is 68.1 Å². The van der Waals surface area contributed by atoms with Crippen LogP contribution < -0.4 is 15.5 Å². The third kappa shape index (κ3) is 7.80. The molecule has 1 amide bonds. The number of phenols is 2. The summed E-state index contributed by atoms with van der Waals surface area (Å²) in [6, 6.07) is 11.1. The number of carbonyl (C=O) groups excluding carboxylic acids is 1. The number of fused-ring (bicyclic) bond motifs is 1. The number of rotatable bonds is 13. The highest BCUT2D eigenvalue weighted by atomic mass is 32.1. The molecule has 4 rings (SSSR count). The minimum atomic E-state index is -0.166. The Hall–Kier alpha value is -2.88. The van der Waals surface area contributed by atoms with Crippen molar-refractivity contribution in [1.82, 2.24) is 20.5 Å². The second kappa shape index (κ2) is 13.6. The normalized spacial score (nSPS) is 14.3. The number of H-pyrrole nitrogens is 1. The lowest BCUT2D eigenvalue weighted by atomic mass is 9.94. The summed E-state index contributed by atoms with van der Waals surface area (Å²) in [5, 5.41) is 26.4. The predicted octanol–water partition coefficient (Wildman–Crippen LogP) is 3.52. The molecule has 1 aliphatic carbocycles. The van der Waals surface area contributed by atoms with Crippen molar-refractivity contribution < 1.29 is 15.0 Å². The van der Waals surface area contributed by atoms with Crippen LogP contribution in [0, 0.1) is 0 Å².